The molecule has 0 saturated carbocycles. The van der Waals surface area contributed by atoms with Crippen LogP contribution in [0.2, 0.25) is 0 Å². The van der Waals surface area contributed by atoms with E-state index in [-0.39, 0.29) is 11.9 Å². The number of fused-ring (bicyclic) bond motifs is 1. The van der Waals surface area contributed by atoms with E-state index in [9.17, 15) is 4.39 Å². The van der Waals surface area contributed by atoms with Crippen LogP contribution in [0.25, 0.3) is 11.0 Å². The van der Waals surface area contributed by atoms with Crippen LogP contribution in [0, 0.1) is 12.7 Å². The first-order valence-electron chi connectivity index (χ1n) is 6.39. The molecule has 4 heteroatoms. The molecule has 3 N–H and O–H groups in total. The van der Waals surface area contributed by atoms with E-state index in [1.807, 2.05) is 37.3 Å². The summed E-state index contributed by atoms with van der Waals surface area (Å²) in [6.45, 7) is 2.03. The lowest BCUT2D eigenvalue weighted by Crippen LogP contribution is -2.28. The van der Waals surface area contributed by atoms with Gasteiger partial charge in [0.2, 0.25) is 0 Å². The van der Waals surface area contributed by atoms with Gasteiger partial charge in [-0.15, -0.1) is 0 Å². The van der Waals surface area contributed by atoms with Crippen LogP contribution in [0.5, 0.6) is 0 Å². The molecule has 0 aliphatic rings. The highest BCUT2D eigenvalue weighted by Crippen LogP contribution is 2.28. The first-order valence-corrected chi connectivity index (χ1v) is 6.39. The largest absolute Gasteiger partial charge is 0.459 e. The zero-order valence-corrected chi connectivity index (χ0v) is 11.1. The summed E-state index contributed by atoms with van der Waals surface area (Å²) in [7, 11) is 0. The van der Waals surface area contributed by atoms with Crippen molar-refractivity contribution in [3.63, 3.8) is 0 Å². The van der Waals surface area contributed by atoms with Gasteiger partial charge in [0, 0.05) is 5.39 Å². The highest BCUT2D eigenvalue weighted by Gasteiger charge is 2.17. The molecule has 0 saturated heterocycles. The van der Waals surface area contributed by atoms with E-state index < -0.39 is 0 Å². The van der Waals surface area contributed by atoms with E-state index in [0.29, 0.717) is 11.3 Å². The van der Waals surface area contributed by atoms with Gasteiger partial charge in [0.05, 0.1) is 0 Å². The van der Waals surface area contributed by atoms with Gasteiger partial charge in [-0.3, -0.25) is 5.84 Å². The molecule has 0 radical (unpaired) electrons. The quantitative estimate of drug-likeness (QED) is 0.566. The van der Waals surface area contributed by atoms with Crippen LogP contribution in [0.4, 0.5) is 4.39 Å². The fraction of sp³-hybridized carbons (Fsp3) is 0.125. The Kier molecular flexibility index (Phi) is 3.26. The Balaban J connectivity index is 2.04. The number of halogens is 1. The SMILES string of the molecule is Cc1ccc(C(NN)c2cc3cc(F)ccc3o2)cc1. The van der Waals surface area contributed by atoms with Gasteiger partial charge in [-0.25, -0.2) is 9.82 Å². The number of hydrogen-bond donors (Lipinski definition) is 2. The molecular weight excluding hydrogens is 255 g/mol. The third kappa shape index (κ3) is 2.31. The highest BCUT2D eigenvalue weighted by molar-refractivity contribution is 5.78. The topological polar surface area (TPSA) is 51.2 Å². The van der Waals surface area contributed by atoms with Crippen LogP contribution in [-0.2, 0) is 0 Å². The second-order valence-electron chi connectivity index (χ2n) is 4.84. The van der Waals surface area contributed by atoms with Crippen molar-refractivity contribution in [3.05, 3.63) is 71.2 Å². The molecule has 0 aliphatic carbocycles. The Morgan fingerprint density at radius 3 is 2.55 bits per heavy atom. The first-order chi connectivity index (χ1) is 9.67. The number of rotatable bonds is 3. The monoisotopic (exact) mass is 270 g/mol. The predicted octanol–water partition coefficient (Wildman–Crippen LogP) is 3.43. The molecule has 0 aliphatic heterocycles. The van der Waals surface area contributed by atoms with Crippen molar-refractivity contribution in [3.8, 4) is 0 Å². The maximum atomic E-state index is 13.2. The maximum Gasteiger partial charge on any atom is 0.134 e. The van der Waals surface area contributed by atoms with Crippen molar-refractivity contribution in [2.24, 2.45) is 5.84 Å². The van der Waals surface area contributed by atoms with Gasteiger partial charge in [0.15, 0.2) is 0 Å². The molecule has 1 atom stereocenters. The average Bonchev–Trinajstić information content (AvgIpc) is 2.84. The van der Waals surface area contributed by atoms with Crippen LogP contribution >= 0.6 is 0 Å². The lowest BCUT2D eigenvalue weighted by Gasteiger charge is -2.13. The third-order valence-corrected chi connectivity index (χ3v) is 3.36. The van der Waals surface area contributed by atoms with E-state index in [4.69, 9.17) is 10.3 Å². The summed E-state index contributed by atoms with van der Waals surface area (Å²) in [6, 6.07) is 14.0. The minimum Gasteiger partial charge on any atom is -0.459 e. The maximum absolute atomic E-state index is 13.2. The minimum absolute atomic E-state index is 0.258. The average molecular weight is 270 g/mol. The van der Waals surface area contributed by atoms with Gasteiger partial charge in [-0.05, 0) is 36.8 Å². The summed E-state index contributed by atoms with van der Waals surface area (Å²) in [6.07, 6.45) is 0. The van der Waals surface area contributed by atoms with E-state index in [1.54, 1.807) is 6.07 Å². The van der Waals surface area contributed by atoms with Crippen LogP contribution < -0.4 is 11.3 Å². The number of hydrazine groups is 1. The first kappa shape index (κ1) is 12.8. The Morgan fingerprint density at radius 2 is 1.85 bits per heavy atom. The number of nitrogens with two attached hydrogens (primary N) is 1. The van der Waals surface area contributed by atoms with Crippen LogP contribution in [0.1, 0.15) is 22.9 Å². The summed E-state index contributed by atoms with van der Waals surface area (Å²) in [5.41, 5.74) is 5.56. The molecule has 2 aromatic carbocycles. The lowest BCUT2D eigenvalue weighted by atomic mass is 10.0. The van der Waals surface area contributed by atoms with Gasteiger partial charge in [-0.1, -0.05) is 29.8 Å². The number of hydrogen-bond acceptors (Lipinski definition) is 3. The molecule has 0 fully saturated rings. The molecule has 1 aromatic heterocycles. The Labute approximate surface area is 116 Å². The van der Waals surface area contributed by atoms with Crippen molar-refractivity contribution in [1.82, 2.24) is 5.43 Å². The second-order valence-corrected chi connectivity index (χ2v) is 4.84. The number of nitrogens with one attached hydrogen (secondary N) is 1. The molecule has 0 bridgehead atoms. The van der Waals surface area contributed by atoms with Crippen LogP contribution in [0.3, 0.4) is 0 Å². The van der Waals surface area contributed by atoms with Crippen molar-refractivity contribution >= 4 is 11.0 Å². The van der Waals surface area contributed by atoms with Gasteiger partial charge >= 0.3 is 0 Å². The predicted molar refractivity (Wildman–Crippen MR) is 76.5 cm³/mol. The van der Waals surface area contributed by atoms with Crippen LogP contribution in [-0.4, -0.2) is 0 Å². The standard InChI is InChI=1S/C16H15FN2O/c1-10-2-4-11(5-3-10)16(19-18)15-9-12-8-13(17)6-7-14(12)20-15/h2-9,16,19H,18H2,1H3. The van der Waals surface area contributed by atoms with Gasteiger partial charge in [-0.2, -0.15) is 0 Å². The Bertz CT molecular complexity index is 734. The summed E-state index contributed by atoms with van der Waals surface area (Å²) >= 11 is 0. The van der Waals surface area contributed by atoms with Crippen molar-refractivity contribution in [2.75, 3.05) is 0 Å². The molecule has 20 heavy (non-hydrogen) atoms. The molecular formula is C16H15FN2O. The summed E-state index contributed by atoms with van der Waals surface area (Å²) in [5.74, 6) is 6.03. The third-order valence-electron chi connectivity index (χ3n) is 3.36. The van der Waals surface area contributed by atoms with Crippen molar-refractivity contribution in [1.29, 1.82) is 0 Å². The summed E-state index contributed by atoms with van der Waals surface area (Å²) in [5, 5.41) is 0.729. The zero-order valence-electron chi connectivity index (χ0n) is 11.1. The second kappa shape index (κ2) is 5.07. The number of benzene rings is 2. The van der Waals surface area contributed by atoms with Gasteiger partial charge in [0.25, 0.3) is 0 Å². The van der Waals surface area contributed by atoms with Crippen molar-refractivity contribution in [2.45, 2.75) is 13.0 Å². The lowest BCUT2D eigenvalue weighted by molar-refractivity contribution is 0.477. The number of furan rings is 1. The van der Waals surface area contributed by atoms with Gasteiger partial charge in [0.1, 0.15) is 23.2 Å². The van der Waals surface area contributed by atoms with E-state index in [1.165, 1.54) is 17.7 Å². The number of aryl methyl sites for hydroxylation is 1. The molecule has 0 amide bonds. The summed E-state index contributed by atoms with van der Waals surface area (Å²) in [4.78, 5) is 0. The fourth-order valence-electron chi connectivity index (χ4n) is 2.28. The zero-order chi connectivity index (χ0) is 14.1. The Morgan fingerprint density at radius 1 is 1.10 bits per heavy atom. The van der Waals surface area contributed by atoms with E-state index in [2.05, 4.69) is 5.43 Å². The smallest absolute Gasteiger partial charge is 0.134 e. The molecule has 3 rings (SSSR count). The molecule has 1 heterocycles. The highest BCUT2D eigenvalue weighted by atomic mass is 19.1. The fourth-order valence-corrected chi connectivity index (χ4v) is 2.28. The summed E-state index contributed by atoms with van der Waals surface area (Å²) < 4.78 is 19.0. The van der Waals surface area contributed by atoms with Crippen molar-refractivity contribution < 1.29 is 8.81 Å². The molecule has 3 nitrogen and oxygen atoms in total. The van der Waals surface area contributed by atoms with Crippen LogP contribution in [0.15, 0.2) is 52.9 Å². The van der Waals surface area contributed by atoms with E-state index in [0.717, 1.165) is 10.9 Å². The van der Waals surface area contributed by atoms with Gasteiger partial charge < -0.3 is 4.42 Å². The minimum atomic E-state index is -0.280. The molecule has 3 aromatic rings. The normalized spacial score (nSPS) is 12.8. The molecule has 102 valence electrons. The Hall–Kier alpha value is -2.17. The van der Waals surface area contributed by atoms with E-state index >= 15 is 0 Å². The molecule has 1 unspecified atom stereocenters. The molecule has 0 spiro atoms.